The van der Waals surface area contributed by atoms with Gasteiger partial charge in [0.15, 0.2) is 0 Å². The van der Waals surface area contributed by atoms with Crippen molar-refractivity contribution in [2.75, 3.05) is 20.3 Å². The molecule has 0 aromatic heterocycles. The van der Waals surface area contributed by atoms with Gasteiger partial charge in [-0.25, -0.2) is 0 Å². The van der Waals surface area contributed by atoms with Crippen LogP contribution in [0.5, 0.6) is 0 Å². The summed E-state index contributed by atoms with van der Waals surface area (Å²) in [6, 6.07) is 0. The fourth-order valence-corrected chi connectivity index (χ4v) is 3.00. The van der Waals surface area contributed by atoms with E-state index in [-0.39, 0.29) is 12.1 Å². The minimum absolute atomic E-state index is 0.140. The Balaban J connectivity index is 2.49. The molecule has 1 saturated carbocycles. The molecule has 1 fully saturated rings. The van der Waals surface area contributed by atoms with E-state index < -0.39 is 5.54 Å². The van der Waals surface area contributed by atoms with Crippen molar-refractivity contribution < 1.29 is 14.3 Å². The van der Waals surface area contributed by atoms with Crippen LogP contribution in [-0.4, -0.2) is 37.9 Å². The molecular formula is C16H31NO3. The first-order chi connectivity index (χ1) is 9.57. The van der Waals surface area contributed by atoms with Crippen molar-refractivity contribution in [3.8, 4) is 0 Å². The highest BCUT2D eigenvalue weighted by molar-refractivity contribution is 5.81. The van der Waals surface area contributed by atoms with Crippen LogP contribution in [0.3, 0.4) is 0 Å². The van der Waals surface area contributed by atoms with Crippen LogP contribution >= 0.6 is 0 Å². The van der Waals surface area contributed by atoms with Crippen LogP contribution in [0.15, 0.2) is 0 Å². The molecule has 4 nitrogen and oxygen atoms in total. The van der Waals surface area contributed by atoms with Crippen molar-refractivity contribution in [3.05, 3.63) is 0 Å². The molecule has 0 aromatic rings. The van der Waals surface area contributed by atoms with E-state index in [0.717, 1.165) is 38.8 Å². The average molecular weight is 285 g/mol. The highest BCUT2D eigenvalue weighted by Crippen LogP contribution is 2.33. The van der Waals surface area contributed by atoms with Crippen molar-refractivity contribution in [2.24, 2.45) is 5.92 Å². The second kappa shape index (κ2) is 8.63. The predicted molar refractivity (Wildman–Crippen MR) is 80.7 cm³/mol. The summed E-state index contributed by atoms with van der Waals surface area (Å²) in [5.41, 5.74) is -0.524. The number of carbonyl (C=O) groups is 1. The minimum atomic E-state index is -0.524. The van der Waals surface area contributed by atoms with Gasteiger partial charge in [0.25, 0.3) is 0 Å². The molecule has 3 unspecified atom stereocenters. The number of hydrogen-bond acceptors (Lipinski definition) is 4. The van der Waals surface area contributed by atoms with Gasteiger partial charge in [0.1, 0.15) is 5.54 Å². The predicted octanol–water partition coefficient (Wildman–Crippen LogP) is 2.90. The Hall–Kier alpha value is -0.610. The zero-order chi connectivity index (χ0) is 15.0. The Morgan fingerprint density at radius 3 is 2.75 bits per heavy atom. The van der Waals surface area contributed by atoms with Gasteiger partial charge in [-0.2, -0.15) is 0 Å². The van der Waals surface area contributed by atoms with Gasteiger partial charge in [0.05, 0.1) is 13.2 Å². The maximum Gasteiger partial charge on any atom is 0.326 e. The smallest absolute Gasteiger partial charge is 0.326 e. The van der Waals surface area contributed by atoms with E-state index in [9.17, 15) is 4.79 Å². The molecule has 1 aliphatic rings. The second-order valence-corrected chi connectivity index (χ2v) is 6.09. The van der Waals surface area contributed by atoms with Crippen LogP contribution in [0.2, 0.25) is 0 Å². The van der Waals surface area contributed by atoms with Gasteiger partial charge in [-0.1, -0.05) is 27.2 Å². The van der Waals surface area contributed by atoms with E-state index in [1.165, 1.54) is 20.0 Å². The fraction of sp³-hybridized carbons (Fsp3) is 0.938. The summed E-state index contributed by atoms with van der Waals surface area (Å²) >= 11 is 0. The van der Waals surface area contributed by atoms with Crippen LogP contribution in [0, 0.1) is 5.92 Å². The van der Waals surface area contributed by atoms with E-state index in [2.05, 4.69) is 26.1 Å². The zero-order valence-corrected chi connectivity index (χ0v) is 13.5. The molecule has 4 heteroatoms. The lowest BCUT2D eigenvalue weighted by atomic mass is 9.97. The normalized spacial score (nSPS) is 27.5. The molecule has 20 heavy (non-hydrogen) atoms. The molecule has 1 N–H and O–H groups in total. The second-order valence-electron chi connectivity index (χ2n) is 6.09. The molecule has 0 saturated heterocycles. The lowest BCUT2D eigenvalue weighted by molar-refractivity contribution is -0.149. The highest BCUT2D eigenvalue weighted by Gasteiger charge is 2.46. The van der Waals surface area contributed by atoms with Crippen LogP contribution in [-0.2, 0) is 14.3 Å². The number of methoxy groups -OCH3 is 1. The Morgan fingerprint density at radius 1 is 1.40 bits per heavy atom. The van der Waals surface area contributed by atoms with Gasteiger partial charge >= 0.3 is 5.97 Å². The van der Waals surface area contributed by atoms with E-state index >= 15 is 0 Å². The van der Waals surface area contributed by atoms with Crippen molar-refractivity contribution in [2.45, 2.75) is 70.9 Å². The summed E-state index contributed by atoms with van der Waals surface area (Å²) in [5, 5.41) is 3.38. The van der Waals surface area contributed by atoms with Crippen LogP contribution < -0.4 is 5.32 Å². The Bertz CT molecular complexity index is 295. The molecule has 1 aliphatic carbocycles. The molecule has 0 heterocycles. The Morgan fingerprint density at radius 2 is 2.15 bits per heavy atom. The number of rotatable bonds is 9. The molecule has 0 aliphatic heterocycles. The number of carbonyl (C=O) groups excluding carboxylic acids is 1. The maximum absolute atomic E-state index is 12.1. The van der Waals surface area contributed by atoms with E-state index in [1.54, 1.807) is 0 Å². The maximum atomic E-state index is 12.1. The van der Waals surface area contributed by atoms with Gasteiger partial charge in [-0.3, -0.25) is 4.79 Å². The zero-order valence-electron chi connectivity index (χ0n) is 13.5. The molecule has 0 bridgehead atoms. The third kappa shape index (κ3) is 4.74. The molecular weight excluding hydrogens is 254 g/mol. The lowest BCUT2D eigenvalue weighted by Crippen LogP contribution is -2.51. The quantitative estimate of drug-likeness (QED) is 0.662. The van der Waals surface area contributed by atoms with Gasteiger partial charge < -0.3 is 14.8 Å². The first-order valence-corrected chi connectivity index (χ1v) is 8.03. The molecule has 118 valence electrons. The van der Waals surface area contributed by atoms with Crippen molar-refractivity contribution in [1.29, 1.82) is 0 Å². The first kappa shape index (κ1) is 17.4. The molecule has 0 amide bonds. The van der Waals surface area contributed by atoms with Gasteiger partial charge in [-0.05, 0) is 38.1 Å². The molecule has 1 rings (SSSR count). The Labute approximate surface area is 123 Å². The first-order valence-electron chi connectivity index (χ1n) is 8.03. The summed E-state index contributed by atoms with van der Waals surface area (Å²) < 4.78 is 11.0. The molecule has 0 radical (unpaired) electrons. The number of nitrogens with one attached hydrogen (secondary N) is 1. The highest BCUT2D eigenvalue weighted by atomic mass is 16.5. The summed E-state index contributed by atoms with van der Waals surface area (Å²) in [6.45, 7) is 8.16. The largest absolute Gasteiger partial charge is 0.468 e. The van der Waals surface area contributed by atoms with E-state index in [1.807, 2.05) is 0 Å². The summed E-state index contributed by atoms with van der Waals surface area (Å²) in [7, 11) is 1.47. The fourth-order valence-electron chi connectivity index (χ4n) is 3.00. The number of ether oxygens (including phenoxy) is 2. The van der Waals surface area contributed by atoms with Gasteiger partial charge in [0.2, 0.25) is 0 Å². The van der Waals surface area contributed by atoms with Crippen molar-refractivity contribution in [3.63, 3.8) is 0 Å². The summed E-state index contributed by atoms with van der Waals surface area (Å²) in [6.07, 6.45) is 6.06. The van der Waals surface area contributed by atoms with E-state index in [4.69, 9.17) is 9.47 Å². The summed E-state index contributed by atoms with van der Waals surface area (Å²) in [5.74, 6) is 0.454. The Kier molecular flexibility index (Phi) is 7.52. The van der Waals surface area contributed by atoms with Crippen LogP contribution in [0.1, 0.15) is 59.3 Å². The third-order valence-electron chi connectivity index (χ3n) is 4.16. The van der Waals surface area contributed by atoms with Crippen molar-refractivity contribution >= 4 is 5.97 Å². The minimum Gasteiger partial charge on any atom is -0.468 e. The van der Waals surface area contributed by atoms with E-state index in [0.29, 0.717) is 5.92 Å². The molecule has 0 spiro atoms. The van der Waals surface area contributed by atoms with Gasteiger partial charge in [-0.15, -0.1) is 0 Å². The molecule has 3 atom stereocenters. The van der Waals surface area contributed by atoms with Gasteiger partial charge in [0, 0.05) is 13.0 Å². The summed E-state index contributed by atoms with van der Waals surface area (Å²) in [4.78, 5) is 12.1. The monoisotopic (exact) mass is 285 g/mol. The van der Waals surface area contributed by atoms with Crippen molar-refractivity contribution in [1.82, 2.24) is 5.32 Å². The molecule has 0 aromatic carbocycles. The standard InChI is InChI=1S/C16H31NO3/c1-5-7-13(3)12-20-14-8-9-16(11-14,15(18)19-4)17-10-6-2/h13-14,17H,5-12H2,1-4H3. The van der Waals surface area contributed by atoms with Crippen LogP contribution in [0.25, 0.3) is 0 Å². The number of esters is 1. The third-order valence-corrected chi connectivity index (χ3v) is 4.16. The average Bonchev–Trinajstić information content (AvgIpc) is 2.87. The lowest BCUT2D eigenvalue weighted by Gasteiger charge is -2.27. The number of hydrogen-bond donors (Lipinski definition) is 1. The SMILES string of the molecule is CCCNC1(C(=O)OC)CCC(OCC(C)CCC)C1. The topological polar surface area (TPSA) is 47.6 Å². The van der Waals surface area contributed by atoms with Crippen LogP contribution in [0.4, 0.5) is 0 Å².